The molecule has 0 bridgehead atoms. The summed E-state index contributed by atoms with van der Waals surface area (Å²) in [6.45, 7) is 3.63. The number of Topliss-reactive ketones (excluding diaryl/α,β-unsaturated/α-hetero) is 1. The van der Waals surface area contributed by atoms with Crippen LogP contribution in [0.5, 0.6) is 0 Å². The van der Waals surface area contributed by atoms with Crippen molar-refractivity contribution in [2.24, 2.45) is 5.92 Å². The third-order valence-electron chi connectivity index (χ3n) is 3.03. The largest absolute Gasteiger partial charge is 0.294 e. The topological polar surface area (TPSA) is 51.2 Å². The highest BCUT2D eigenvalue weighted by Crippen LogP contribution is 2.21. The fourth-order valence-electron chi connectivity index (χ4n) is 1.87. The molecule has 4 heteroatoms. The van der Waals surface area contributed by atoms with Crippen LogP contribution in [0.1, 0.15) is 24.2 Å². The third-order valence-corrected chi connectivity index (χ3v) is 4.81. The van der Waals surface area contributed by atoms with E-state index in [9.17, 15) is 13.2 Å². The van der Waals surface area contributed by atoms with E-state index in [2.05, 4.69) is 0 Å². The van der Waals surface area contributed by atoms with Gasteiger partial charge in [-0.15, -0.1) is 0 Å². The minimum absolute atomic E-state index is 0.00802. The van der Waals surface area contributed by atoms with E-state index in [-0.39, 0.29) is 21.5 Å². The van der Waals surface area contributed by atoms with Crippen LogP contribution in [0.25, 0.3) is 0 Å². The van der Waals surface area contributed by atoms with Gasteiger partial charge in [-0.3, -0.25) is 4.79 Å². The van der Waals surface area contributed by atoms with E-state index in [4.69, 9.17) is 0 Å². The van der Waals surface area contributed by atoms with E-state index in [0.717, 1.165) is 0 Å². The lowest BCUT2D eigenvalue weighted by molar-refractivity contribution is 0.0939. The Morgan fingerprint density at radius 1 is 0.850 bits per heavy atom. The van der Waals surface area contributed by atoms with Gasteiger partial charge in [0, 0.05) is 11.5 Å². The van der Waals surface area contributed by atoms with Gasteiger partial charge in [0.2, 0.25) is 9.84 Å². The van der Waals surface area contributed by atoms with E-state index < -0.39 is 9.84 Å². The van der Waals surface area contributed by atoms with Gasteiger partial charge in [-0.1, -0.05) is 44.2 Å². The molecule has 0 radical (unpaired) electrons. The fraction of sp³-hybridized carbons (Fsp3) is 0.188. The molecule has 2 rings (SSSR count). The van der Waals surface area contributed by atoms with Gasteiger partial charge in [0.1, 0.15) is 0 Å². The number of carbonyl (C=O) groups is 1. The van der Waals surface area contributed by atoms with Crippen LogP contribution in [-0.2, 0) is 9.84 Å². The Balaban J connectivity index is 2.38. The molecule has 0 aliphatic heterocycles. The summed E-state index contributed by atoms with van der Waals surface area (Å²) in [5.41, 5.74) is 0.534. The molecule has 0 fully saturated rings. The minimum atomic E-state index is -3.51. The van der Waals surface area contributed by atoms with E-state index in [1.165, 1.54) is 12.1 Å². The second-order valence-corrected chi connectivity index (χ2v) is 6.81. The molecule has 0 atom stereocenters. The molecule has 0 aromatic heterocycles. The maximum atomic E-state index is 12.4. The average molecular weight is 288 g/mol. The molecule has 0 spiro atoms. The quantitative estimate of drug-likeness (QED) is 0.811. The van der Waals surface area contributed by atoms with Crippen LogP contribution in [0.15, 0.2) is 64.4 Å². The Morgan fingerprint density at radius 2 is 1.35 bits per heavy atom. The van der Waals surface area contributed by atoms with E-state index >= 15 is 0 Å². The van der Waals surface area contributed by atoms with Crippen molar-refractivity contribution in [3.05, 3.63) is 60.2 Å². The third kappa shape index (κ3) is 2.80. The summed E-state index contributed by atoms with van der Waals surface area (Å²) in [6.07, 6.45) is 0. The number of ketones is 1. The summed E-state index contributed by atoms with van der Waals surface area (Å²) >= 11 is 0. The molecule has 0 aliphatic rings. The first-order valence-electron chi connectivity index (χ1n) is 6.37. The number of rotatable bonds is 4. The van der Waals surface area contributed by atoms with Crippen LogP contribution in [-0.4, -0.2) is 14.2 Å². The van der Waals surface area contributed by atoms with E-state index in [0.29, 0.717) is 5.56 Å². The molecule has 20 heavy (non-hydrogen) atoms. The summed E-state index contributed by atoms with van der Waals surface area (Å²) in [5.74, 6) is -0.0970. The number of sulfone groups is 1. The lowest BCUT2D eigenvalue weighted by Crippen LogP contribution is -2.08. The maximum Gasteiger partial charge on any atom is 0.206 e. The van der Waals surface area contributed by atoms with Gasteiger partial charge in [0.25, 0.3) is 0 Å². The highest BCUT2D eigenvalue weighted by atomic mass is 32.2. The fourth-order valence-corrected chi connectivity index (χ4v) is 3.15. The first-order chi connectivity index (χ1) is 9.43. The molecule has 0 heterocycles. The van der Waals surface area contributed by atoms with Crippen molar-refractivity contribution >= 4 is 15.6 Å². The van der Waals surface area contributed by atoms with Crippen LogP contribution in [0.3, 0.4) is 0 Å². The molecule has 0 saturated carbocycles. The van der Waals surface area contributed by atoms with Crippen LogP contribution < -0.4 is 0 Å². The second kappa shape index (κ2) is 5.59. The predicted molar refractivity (Wildman–Crippen MR) is 77.5 cm³/mol. The first-order valence-corrected chi connectivity index (χ1v) is 7.85. The first kappa shape index (κ1) is 14.5. The van der Waals surface area contributed by atoms with Crippen molar-refractivity contribution in [2.45, 2.75) is 23.6 Å². The van der Waals surface area contributed by atoms with Gasteiger partial charge < -0.3 is 0 Å². The Morgan fingerprint density at radius 3 is 1.85 bits per heavy atom. The molecule has 2 aromatic carbocycles. The number of benzene rings is 2. The van der Waals surface area contributed by atoms with Crippen molar-refractivity contribution in [3.8, 4) is 0 Å². The summed E-state index contributed by atoms with van der Waals surface area (Å²) in [6, 6.07) is 14.4. The van der Waals surface area contributed by atoms with Gasteiger partial charge in [0.15, 0.2) is 5.78 Å². The highest BCUT2D eigenvalue weighted by Gasteiger charge is 2.18. The zero-order valence-electron chi connectivity index (χ0n) is 11.4. The molecule has 2 aromatic rings. The summed E-state index contributed by atoms with van der Waals surface area (Å²) in [4.78, 5) is 12.3. The second-order valence-electron chi connectivity index (χ2n) is 4.86. The number of hydrogen-bond acceptors (Lipinski definition) is 3. The van der Waals surface area contributed by atoms with E-state index in [1.807, 2.05) is 13.8 Å². The van der Waals surface area contributed by atoms with Crippen molar-refractivity contribution < 1.29 is 13.2 Å². The standard InChI is InChI=1S/C16H16O3S/c1-12(2)16(17)13-8-10-15(11-9-13)20(18,19)14-6-4-3-5-7-14/h3-12H,1-2H3. The Labute approximate surface area is 119 Å². The van der Waals surface area contributed by atoms with Crippen LogP contribution in [0, 0.1) is 5.92 Å². The summed E-state index contributed by atoms with van der Waals surface area (Å²) < 4.78 is 24.7. The molecule has 0 aliphatic carbocycles. The highest BCUT2D eigenvalue weighted by molar-refractivity contribution is 7.91. The molecule has 0 N–H and O–H groups in total. The molecular weight excluding hydrogens is 272 g/mol. The van der Waals surface area contributed by atoms with Gasteiger partial charge in [-0.05, 0) is 24.3 Å². The Kier molecular flexibility index (Phi) is 4.04. The van der Waals surface area contributed by atoms with Crippen molar-refractivity contribution in [2.75, 3.05) is 0 Å². The molecule has 0 amide bonds. The van der Waals surface area contributed by atoms with Gasteiger partial charge in [-0.25, -0.2) is 8.42 Å². The maximum absolute atomic E-state index is 12.4. The van der Waals surface area contributed by atoms with Crippen molar-refractivity contribution in [1.82, 2.24) is 0 Å². The van der Waals surface area contributed by atoms with Gasteiger partial charge >= 0.3 is 0 Å². The van der Waals surface area contributed by atoms with Crippen LogP contribution in [0.2, 0.25) is 0 Å². The normalized spacial score (nSPS) is 11.6. The van der Waals surface area contributed by atoms with Crippen molar-refractivity contribution in [3.63, 3.8) is 0 Å². The molecule has 104 valence electrons. The average Bonchev–Trinajstić information content (AvgIpc) is 2.47. The summed E-state index contributed by atoms with van der Waals surface area (Å²) in [7, 11) is -3.51. The zero-order chi connectivity index (χ0) is 14.8. The molecule has 0 saturated heterocycles. The monoisotopic (exact) mass is 288 g/mol. The van der Waals surface area contributed by atoms with Gasteiger partial charge in [0.05, 0.1) is 9.79 Å². The molecule has 3 nitrogen and oxygen atoms in total. The van der Waals surface area contributed by atoms with Crippen LogP contribution in [0.4, 0.5) is 0 Å². The van der Waals surface area contributed by atoms with Crippen molar-refractivity contribution in [1.29, 1.82) is 0 Å². The lowest BCUT2D eigenvalue weighted by atomic mass is 10.0. The van der Waals surface area contributed by atoms with E-state index in [1.54, 1.807) is 42.5 Å². The Hall–Kier alpha value is -1.94. The van der Waals surface area contributed by atoms with Gasteiger partial charge in [-0.2, -0.15) is 0 Å². The molecular formula is C16H16O3S. The number of carbonyl (C=O) groups excluding carboxylic acids is 1. The smallest absolute Gasteiger partial charge is 0.206 e. The minimum Gasteiger partial charge on any atom is -0.294 e. The SMILES string of the molecule is CC(C)C(=O)c1ccc(S(=O)(=O)c2ccccc2)cc1. The zero-order valence-corrected chi connectivity index (χ0v) is 12.2. The number of hydrogen-bond donors (Lipinski definition) is 0. The predicted octanol–water partition coefficient (Wildman–Crippen LogP) is 3.36. The molecule has 0 unspecified atom stereocenters. The summed E-state index contributed by atoms with van der Waals surface area (Å²) in [5, 5.41) is 0. The Bertz CT molecular complexity index is 699. The lowest BCUT2D eigenvalue weighted by Gasteiger charge is -2.07. The van der Waals surface area contributed by atoms with Crippen LogP contribution >= 0.6 is 0 Å².